The van der Waals surface area contributed by atoms with Crippen LogP contribution in [0.4, 0.5) is 4.79 Å². The highest BCUT2D eigenvalue weighted by molar-refractivity contribution is 5.97. The molecule has 11 heteroatoms. The van der Waals surface area contributed by atoms with Crippen molar-refractivity contribution in [1.29, 1.82) is 0 Å². The molecule has 7 unspecified atom stereocenters. The Hall–Kier alpha value is -2.66. The molecule has 11 nitrogen and oxygen atoms in total. The van der Waals surface area contributed by atoms with Gasteiger partial charge in [-0.1, -0.05) is 19.4 Å². The predicted molar refractivity (Wildman–Crippen MR) is 154 cm³/mol. The van der Waals surface area contributed by atoms with Gasteiger partial charge in [-0.05, 0) is 81.1 Å². The number of aliphatic imine (C=N–C) groups is 1. The molecule has 234 valence electrons. The number of rotatable bonds is 8. The maximum atomic E-state index is 13.9. The van der Waals surface area contributed by atoms with Gasteiger partial charge in [0.25, 0.3) is 0 Å². The largest absolute Gasteiger partial charge is 0.506 e. The zero-order valence-corrected chi connectivity index (χ0v) is 25.2. The van der Waals surface area contributed by atoms with E-state index in [4.69, 9.17) is 19.9 Å². The number of fused-ring (bicyclic) bond motifs is 3. The second-order valence-corrected chi connectivity index (χ2v) is 13.7. The van der Waals surface area contributed by atoms with E-state index in [-0.39, 0.29) is 48.0 Å². The lowest BCUT2D eigenvalue weighted by atomic mass is 9.45. The number of nitrogens with zero attached hydrogens (tertiary/aromatic N) is 1. The summed E-state index contributed by atoms with van der Waals surface area (Å²) in [4.78, 5) is 42.3. The van der Waals surface area contributed by atoms with Gasteiger partial charge in [0.15, 0.2) is 11.7 Å². The smallest absolute Gasteiger partial charge is 0.481 e. The quantitative estimate of drug-likeness (QED) is 0.187. The molecule has 1 heterocycles. The number of carboxylic acids is 1. The molecule has 42 heavy (non-hydrogen) atoms. The van der Waals surface area contributed by atoms with Crippen LogP contribution in [0.1, 0.15) is 59.3 Å². The van der Waals surface area contributed by atoms with E-state index >= 15 is 0 Å². The number of guanidine groups is 1. The Kier molecular flexibility index (Phi) is 8.90. The highest BCUT2D eigenvalue weighted by Crippen LogP contribution is 2.64. The molecule has 1 saturated heterocycles. The van der Waals surface area contributed by atoms with Crippen molar-refractivity contribution in [3.05, 3.63) is 11.6 Å². The Morgan fingerprint density at radius 3 is 2.62 bits per heavy atom. The first kappa shape index (κ1) is 30.8. The topological polar surface area (TPSA) is 170 Å². The van der Waals surface area contributed by atoms with Crippen LogP contribution in [-0.2, 0) is 23.8 Å². The maximum Gasteiger partial charge on any atom is 0.506 e. The standard InChI is InChI=1S/C31H47N3O8/c1-15(2)9-17-5-6-19-18-7-8-21-20-13-40-14-31(21,22(18)10-23(35)26(19)25(17)28(36)37)11-24(42-30(38)39)27(20)41-12-16(3)34-29(32)33-4/h10,15-21,24-27H,5-9,11-14H2,1-4H3,(H,36,37)(H,38,39)(H3,32,33,34)/t16?,17?,18?,19?,20?,21?,24-,25-,26?,27-,31-/m1/s1. The van der Waals surface area contributed by atoms with E-state index in [1.165, 1.54) is 0 Å². The second-order valence-electron chi connectivity index (χ2n) is 13.7. The molecule has 1 aliphatic heterocycles. The van der Waals surface area contributed by atoms with Crippen LogP contribution in [0.15, 0.2) is 16.6 Å². The Bertz CT molecular complexity index is 1120. The van der Waals surface area contributed by atoms with Crippen LogP contribution in [0.3, 0.4) is 0 Å². The highest BCUT2D eigenvalue weighted by atomic mass is 16.7. The predicted octanol–water partition coefficient (Wildman–Crippen LogP) is 3.32. The zero-order valence-electron chi connectivity index (χ0n) is 25.2. The van der Waals surface area contributed by atoms with Crippen molar-refractivity contribution in [2.45, 2.75) is 77.5 Å². The number of hydrogen-bond donors (Lipinski definition) is 4. The molecule has 0 amide bonds. The van der Waals surface area contributed by atoms with Crippen molar-refractivity contribution in [1.82, 2.24) is 5.32 Å². The number of ether oxygens (including phenoxy) is 3. The van der Waals surface area contributed by atoms with Crippen LogP contribution in [0, 0.1) is 52.8 Å². The third kappa shape index (κ3) is 5.54. The molecule has 4 aliphatic carbocycles. The van der Waals surface area contributed by atoms with Crippen molar-refractivity contribution in [2.24, 2.45) is 63.5 Å². The number of nitrogens with two attached hydrogens (primary N) is 1. The molecule has 0 radical (unpaired) electrons. The van der Waals surface area contributed by atoms with Gasteiger partial charge in [0.05, 0.1) is 31.8 Å². The molecule has 0 aromatic rings. The van der Waals surface area contributed by atoms with Gasteiger partial charge in [-0.25, -0.2) is 4.79 Å². The number of aliphatic carboxylic acids is 1. The van der Waals surface area contributed by atoms with Crippen molar-refractivity contribution >= 4 is 23.9 Å². The lowest BCUT2D eigenvalue weighted by Crippen LogP contribution is -2.64. The minimum atomic E-state index is -1.36. The van der Waals surface area contributed by atoms with E-state index in [1.807, 2.05) is 6.92 Å². The van der Waals surface area contributed by atoms with E-state index < -0.39 is 41.6 Å². The van der Waals surface area contributed by atoms with Crippen molar-refractivity contribution in [3.8, 4) is 0 Å². The SMILES string of the molecule is CN=C(N)NC(C)CO[C@@H]1C2COC[C@@]3(C[C@H]1OC(=O)O)C1=CC(=O)C4C(CCC(CC(C)C)[C@H]4C(=O)O)C1CCC23. The number of ketones is 1. The average Bonchev–Trinajstić information content (AvgIpc) is 2.91. The first-order chi connectivity index (χ1) is 20.0. The van der Waals surface area contributed by atoms with Crippen LogP contribution < -0.4 is 11.1 Å². The van der Waals surface area contributed by atoms with Crippen LogP contribution >= 0.6 is 0 Å². The van der Waals surface area contributed by atoms with Crippen LogP contribution in [0.5, 0.6) is 0 Å². The van der Waals surface area contributed by atoms with Gasteiger partial charge in [0.1, 0.15) is 6.10 Å². The normalized spacial score (nSPS) is 40.2. The van der Waals surface area contributed by atoms with Gasteiger partial charge in [-0.2, -0.15) is 0 Å². The number of nitrogens with one attached hydrogen (secondary N) is 1. The summed E-state index contributed by atoms with van der Waals surface area (Å²) in [6.45, 7) is 7.22. The van der Waals surface area contributed by atoms with Gasteiger partial charge < -0.3 is 35.5 Å². The first-order valence-corrected chi connectivity index (χ1v) is 15.5. The minimum absolute atomic E-state index is 0.00342. The number of carbonyl (C=O) groups excluding carboxylic acids is 1. The summed E-state index contributed by atoms with van der Waals surface area (Å²) < 4.78 is 18.1. The lowest BCUT2D eigenvalue weighted by Gasteiger charge is -2.62. The summed E-state index contributed by atoms with van der Waals surface area (Å²) >= 11 is 0. The summed E-state index contributed by atoms with van der Waals surface area (Å²) in [5, 5.41) is 23.0. The van der Waals surface area contributed by atoms with Gasteiger partial charge >= 0.3 is 12.1 Å². The van der Waals surface area contributed by atoms with E-state index in [9.17, 15) is 24.6 Å². The Morgan fingerprint density at radius 1 is 1.19 bits per heavy atom. The number of hydrogen-bond acceptors (Lipinski definition) is 7. The highest BCUT2D eigenvalue weighted by Gasteiger charge is 2.64. The fourth-order valence-corrected chi connectivity index (χ4v) is 9.50. The third-order valence-electron chi connectivity index (χ3n) is 10.9. The number of carboxylic acid groups (broad SMARTS) is 2. The maximum absolute atomic E-state index is 13.9. The molecule has 5 aliphatic rings. The van der Waals surface area contributed by atoms with Gasteiger partial charge in [0.2, 0.25) is 0 Å². The van der Waals surface area contributed by atoms with Crippen molar-refractivity contribution in [2.75, 3.05) is 26.9 Å². The van der Waals surface area contributed by atoms with Gasteiger partial charge in [0, 0.05) is 30.3 Å². The van der Waals surface area contributed by atoms with Crippen LogP contribution in [0.25, 0.3) is 0 Å². The summed E-state index contributed by atoms with van der Waals surface area (Å²) in [6.07, 6.45) is 3.75. The summed E-state index contributed by atoms with van der Waals surface area (Å²) in [7, 11) is 1.59. The van der Waals surface area contributed by atoms with Crippen molar-refractivity contribution in [3.63, 3.8) is 0 Å². The molecule has 5 N–H and O–H groups in total. The first-order valence-electron chi connectivity index (χ1n) is 15.5. The fourth-order valence-electron chi connectivity index (χ4n) is 9.50. The second kappa shape index (κ2) is 12.1. The molecule has 11 atom stereocenters. The fraction of sp³-hybridized carbons (Fsp3) is 0.806. The molecule has 0 aromatic heterocycles. The van der Waals surface area contributed by atoms with Gasteiger partial charge in [-0.15, -0.1) is 0 Å². The summed E-state index contributed by atoms with van der Waals surface area (Å²) in [5.74, 6) is -1.39. The van der Waals surface area contributed by atoms with Crippen LogP contribution in [0.2, 0.25) is 0 Å². The number of allylic oxidation sites excluding steroid dienone is 1. The third-order valence-corrected chi connectivity index (χ3v) is 10.9. The Labute approximate surface area is 247 Å². The van der Waals surface area contributed by atoms with E-state index in [0.29, 0.717) is 31.5 Å². The summed E-state index contributed by atoms with van der Waals surface area (Å²) in [6, 6.07) is -0.158. The van der Waals surface area contributed by atoms with E-state index in [2.05, 4.69) is 24.2 Å². The zero-order chi connectivity index (χ0) is 30.3. The molecule has 4 fully saturated rings. The molecular formula is C31H47N3O8. The summed E-state index contributed by atoms with van der Waals surface area (Å²) in [5.41, 5.74) is 6.30. The average molecular weight is 590 g/mol. The van der Waals surface area contributed by atoms with E-state index in [0.717, 1.165) is 37.7 Å². The lowest BCUT2D eigenvalue weighted by molar-refractivity contribution is -0.218. The van der Waals surface area contributed by atoms with Gasteiger partial charge in [-0.3, -0.25) is 14.6 Å². The van der Waals surface area contributed by atoms with E-state index in [1.54, 1.807) is 13.1 Å². The Balaban J connectivity index is 1.45. The van der Waals surface area contributed by atoms with Crippen LogP contribution in [-0.4, -0.2) is 79.2 Å². The molecule has 0 spiro atoms. The van der Waals surface area contributed by atoms with Crippen molar-refractivity contribution < 1.29 is 38.8 Å². The monoisotopic (exact) mass is 589 g/mol. The molecule has 2 bridgehead atoms. The molecule has 3 saturated carbocycles. The molecule has 0 aromatic carbocycles. The Morgan fingerprint density at radius 2 is 1.95 bits per heavy atom. The number of carbonyl (C=O) groups is 3. The molecular weight excluding hydrogens is 542 g/mol. The minimum Gasteiger partial charge on any atom is -0.481 e. The molecule has 5 rings (SSSR count).